The molecule has 2 rings (SSSR count). The van der Waals surface area contributed by atoms with Crippen LogP contribution in [0, 0.1) is 5.92 Å². The van der Waals surface area contributed by atoms with Gasteiger partial charge < -0.3 is 15.6 Å². The number of aliphatic hydroxyl groups is 1. The summed E-state index contributed by atoms with van der Waals surface area (Å²) in [6.45, 7) is 0.391. The van der Waals surface area contributed by atoms with E-state index in [2.05, 4.69) is 4.72 Å². The van der Waals surface area contributed by atoms with Crippen LogP contribution < -0.4 is 15.2 Å². The summed E-state index contributed by atoms with van der Waals surface area (Å²) in [5.41, 5.74) is 6.08. The summed E-state index contributed by atoms with van der Waals surface area (Å²) in [6, 6.07) is 4.40. The van der Waals surface area contributed by atoms with E-state index in [1.807, 2.05) is 0 Å². The van der Waals surface area contributed by atoms with E-state index >= 15 is 0 Å². The average molecular weight is 314 g/mol. The van der Waals surface area contributed by atoms with E-state index in [1.54, 1.807) is 0 Å². The molecule has 21 heavy (non-hydrogen) atoms. The number of nitrogens with one attached hydrogen (secondary N) is 1. The molecule has 7 heteroatoms. The van der Waals surface area contributed by atoms with Crippen LogP contribution in [0.25, 0.3) is 0 Å². The molecule has 1 aliphatic rings. The van der Waals surface area contributed by atoms with Crippen LogP contribution >= 0.6 is 0 Å². The number of hydrogen-bond acceptors (Lipinski definition) is 5. The van der Waals surface area contributed by atoms with Gasteiger partial charge >= 0.3 is 0 Å². The molecule has 1 aromatic rings. The highest BCUT2D eigenvalue weighted by atomic mass is 32.2. The Kier molecular flexibility index (Phi) is 5.08. The lowest BCUT2D eigenvalue weighted by atomic mass is 9.88. The van der Waals surface area contributed by atoms with E-state index in [0.717, 1.165) is 25.7 Å². The number of rotatable bonds is 5. The number of sulfonamides is 1. The van der Waals surface area contributed by atoms with E-state index in [1.165, 1.54) is 25.3 Å². The second kappa shape index (κ2) is 6.64. The van der Waals surface area contributed by atoms with Crippen LogP contribution in [0.2, 0.25) is 0 Å². The normalized spacial score (nSPS) is 23.0. The van der Waals surface area contributed by atoms with Gasteiger partial charge in [0.1, 0.15) is 5.75 Å². The SMILES string of the molecule is COc1cc(S(=O)(=O)NCC2CCC(O)CC2)ccc1N. The Labute approximate surface area is 125 Å². The number of nitrogens with two attached hydrogens (primary N) is 1. The Bertz CT molecular complexity index is 581. The molecule has 1 aliphatic carbocycles. The summed E-state index contributed by atoms with van der Waals surface area (Å²) in [5, 5.41) is 9.45. The van der Waals surface area contributed by atoms with Crippen molar-refractivity contribution >= 4 is 15.7 Å². The molecule has 1 aromatic carbocycles. The second-order valence-electron chi connectivity index (χ2n) is 5.43. The van der Waals surface area contributed by atoms with E-state index in [4.69, 9.17) is 10.5 Å². The average Bonchev–Trinajstić information content (AvgIpc) is 2.47. The quantitative estimate of drug-likeness (QED) is 0.707. The molecule has 0 aliphatic heterocycles. The zero-order valence-corrected chi connectivity index (χ0v) is 12.9. The monoisotopic (exact) mass is 314 g/mol. The summed E-state index contributed by atoms with van der Waals surface area (Å²) in [7, 11) is -2.12. The molecule has 1 saturated carbocycles. The summed E-state index contributed by atoms with van der Waals surface area (Å²) in [4.78, 5) is 0.143. The van der Waals surface area contributed by atoms with Crippen LogP contribution in [-0.4, -0.2) is 33.3 Å². The van der Waals surface area contributed by atoms with Gasteiger partial charge in [0.05, 0.1) is 23.8 Å². The first-order valence-corrected chi connectivity index (χ1v) is 8.52. The highest BCUT2D eigenvalue weighted by Crippen LogP contribution is 2.26. The van der Waals surface area contributed by atoms with E-state index < -0.39 is 10.0 Å². The molecule has 0 heterocycles. The Hall–Kier alpha value is -1.31. The molecule has 0 radical (unpaired) electrons. The molecule has 4 N–H and O–H groups in total. The van der Waals surface area contributed by atoms with Crippen molar-refractivity contribution in [2.45, 2.75) is 36.7 Å². The van der Waals surface area contributed by atoms with Crippen molar-refractivity contribution in [2.24, 2.45) is 5.92 Å². The van der Waals surface area contributed by atoms with Gasteiger partial charge in [0.2, 0.25) is 10.0 Å². The van der Waals surface area contributed by atoms with Gasteiger partial charge in [-0.3, -0.25) is 0 Å². The van der Waals surface area contributed by atoms with Crippen molar-refractivity contribution < 1.29 is 18.3 Å². The zero-order chi connectivity index (χ0) is 15.5. The maximum atomic E-state index is 12.3. The van der Waals surface area contributed by atoms with Crippen LogP contribution in [0.1, 0.15) is 25.7 Å². The van der Waals surface area contributed by atoms with E-state index in [0.29, 0.717) is 18.0 Å². The van der Waals surface area contributed by atoms with Gasteiger partial charge in [-0.2, -0.15) is 0 Å². The zero-order valence-electron chi connectivity index (χ0n) is 12.1. The first kappa shape index (κ1) is 16.1. The minimum atomic E-state index is -3.57. The largest absolute Gasteiger partial charge is 0.495 e. The topological polar surface area (TPSA) is 102 Å². The molecule has 0 spiro atoms. The standard InChI is InChI=1S/C14H22N2O4S/c1-20-14-8-12(6-7-13(14)15)21(18,19)16-9-10-2-4-11(17)5-3-10/h6-8,10-11,16-17H,2-5,9,15H2,1H3. The van der Waals surface area contributed by atoms with Gasteiger partial charge in [0.25, 0.3) is 0 Å². The van der Waals surface area contributed by atoms with Crippen LogP contribution in [0.3, 0.4) is 0 Å². The lowest BCUT2D eigenvalue weighted by Gasteiger charge is -2.25. The Morgan fingerprint density at radius 1 is 1.33 bits per heavy atom. The van der Waals surface area contributed by atoms with Gasteiger partial charge in [-0.05, 0) is 43.7 Å². The fraction of sp³-hybridized carbons (Fsp3) is 0.571. The Morgan fingerprint density at radius 3 is 2.62 bits per heavy atom. The lowest BCUT2D eigenvalue weighted by Crippen LogP contribution is -2.32. The van der Waals surface area contributed by atoms with E-state index in [9.17, 15) is 13.5 Å². The van der Waals surface area contributed by atoms with Crippen molar-refractivity contribution in [3.63, 3.8) is 0 Å². The maximum absolute atomic E-state index is 12.3. The van der Waals surface area contributed by atoms with Crippen LogP contribution in [-0.2, 0) is 10.0 Å². The highest BCUT2D eigenvalue weighted by Gasteiger charge is 2.22. The fourth-order valence-corrected chi connectivity index (χ4v) is 3.65. The molecule has 0 saturated heterocycles. The fourth-order valence-electron chi connectivity index (χ4n) is 2.52. The molecule has 0 bridgehead atoms. The molecule has 0 aromatic heterocycles. The number of benzene rings is 1. The van der Waals surface area contributed by atoms with Crippen LogP contribution in [0.4, 0.5) is 5.69 Å². The summed E-state index contributed by atoms with van der Waals surface area (Å²) in [5.74, 6) is 0.623. The molecular weight excluding hydrogens is 292 g/mol. The minimum absolute atomic E-state index is 0.143. The van der Waals surface area contributed by atoms with Crippen molar-refractivity contribution in [3.05, 3.63) is 18.2 Å². The lowest BCUT2D eigenvalue weighted by molar-refractivity contribution is 0.109. The third-order valence-electron chi connectivity index (χ3n) is 3.89. The number of aliphatic hydroxyl groups excluding tert-OH is 1. The Morgan fingerprint density at radius 2 is 2.00 bits per heavy atom. The minimum Gasteiger partial charge on any atom is -0.495 e. The molecule has 118 valence electrons. The predicted octanol–water partition coefficient (Wildman–Crippen LogP) is 1.11. The van der Waals surface area contributed by atoms with Crippen LogP contribution in [0.15, 0.2) is 23.1 Å². The van der Waals surface area contributed by atoms with Crippen molar-refractivity contribution in [1.82, 2.24) is 4.72 Å². The molecule has 1 fully saturated rings. The Balaban J connectivity index is 2.01. The van der Waals surface area contributed by atoms with Gasteiger partial charge in [0.15, 0.2) is 0 Å². The molecule has 0 atom stereocenters. The van der Waals surface area contributed by atoms with E-state index in [-0.39, 0.29) is 16.9 Å². The highest BCUT2D eigenvalue weighted by molar-refractivity contribution is 7.89. The summed E-state index contributed by atoms with van der Waals surface area (Å²) >= 11 is 0. The third kappa shape index (κ3) is 4.09. The maximum Gasteiger partial charge on any atom is 0.240 e. The molecule has 6 nitrogen and oxygen atoms in total. The van der Waals surface area contributed by atoms with Crippen LogP contribution in [0.5, 0.6) is 5.75 Å². The number of anilines is 1. The number of methoxy groups -OCH3 is 1. The van der Waals surface area contributed by atoms with Gasteiger partial charge in [0, 0.05) is 12.6 Å². The van der Waals surface area contributed by atoms with Crippen molar-refractivity contribution in [3.8, 4) is 5.75 Å². The van der Waals surface area contributed by atoms with Crippen molar-refractivity contribution in [1.29, 1.82) is 0 Å². The second-order valence-corrected chi connectivity index (χ2v) is 7.20. The molecular formula is C14H22N2O4S. The van der Waals surface area contributed by atoms with Gasteiger partial charge in [-0.15, -0.1) is 0 Å². The third-order valence-corrected chi connectivity index (χ3v) is 5.31. The number of nitrogen functional groups attached to an aromatic ring is 1. The smallest absolute Gasteiger partial charge is 0.240 e. The van der Waals surface area contributed by atoms with Gasteiger partial charge in [-0.1, -0.05) is 0 Å². The summed E-state index contributed by atoms with van der Waals surface area (Å²) in [6.07, 6.45) is 2.92. The number of ether oxygens (including phenoxy) is 1. The number of hydrogen-bond donors (Lipinski definition) is 3. The van der Waals surface area contributed by atoms with Gasteiger partial charge in [-0.25, -0.2) is 13.1 Å². The molecule has 0 amide bonds. The first-order valence-electron chi connectivity index (χ1n) is 7.03. The first-order chi connectivity index (χ1) is 9.92. The molecule has 0 unspecified atom stereocenters. The predicted molar refractivity (Wildman–Crippen MR) is 80.6 cm³/mol. The summed E-state index contributed by atoms with van der Waals surface area (Å²) < 4.78 is 32.2. The van der Waals surface area contributed by atoms with Crippen molar-refractivity contribution in [2.75, 3.05) is 19.4 Å².